The van der Waals surface area contributed by atoms with Gasteiger partial charge in [-0.05, 0) is 35.9 Å². The molecule has 0 bridgehead atoms. The predicted molar refractivity (Wildman–Crippen MR) is 115 cm³/mol. The molecule has 0 saturated carbocycles. The molecule has 0 unspecified atom stereocenters. The first-order valence-corrected chi connectivity index (χ1v) is 12.3. The van der Waals surface area contributed by atoms with Gasteiger partial charge in [0.25, 0.3) is 0 Å². The van der Waals surface area contributed by atoms with Crippen molar-refractivity contribution in [3.05, 3.63) is 53.2 Å². The van der Waals surface area contributed by atoms with E-state index in [-0.39, 0.29) is 11.8 Å². The van der Waals surface area contributed by atoms with E-state index in [1.54, 1.807) is 11.3 Å². The van der Waals surface area contributed by atoms with Crippen molar-refractivity contribution >= 4 is 33.0 Å². The van der Waals surface area contributed by atoms with Gasteiger partial charge in [-0.25, -0.2) is 12.7 Å². The Balaban J connectivity index is 1.42. The minimum absolute atomic E-state index is 0.0968. The highest BCUT2D eigenvalue weighted by Gasteiger charge is 2.29. The van der Waals surface area contributed by atoms with E-state index in [0.717, 1.165) is 10.4 Å². The Morgan fingerprint density at radius 3 is 2.70 bits per heavy atom. The van der Waals surface area contributed by atoms with E-state index in [1.165, 1.54) is 10.6 Å². The summed E-state index contributed by atoms with van der Waals surface area (Å²) in [5, 5.41) is 8.98. The number of carbonyl (C=O) groups is 1. The highest BCUT2D eigenvalue weighted by Crippen LogP contribution is 2.25. The number of sulfonamides is 1. The van der Waals surface area contributed by atoms with Crippen LogP contribution in [0.1, 0.15) is 24.3 Å². The molecule has 0 spiro atoms. The topological polar surface area (TPSA) is 105 Å². The van der Waals surface area contributed by atoms with Gasteiger partial charge in [0.15, 0.2) is 0 Å². The van der Waals surface area contributed by atoms with Gasteiger partial charge in [0.05, 0.1) is 17.6 Å². The smallest absolute Gasteiger partial charge is 0.231 e. The number of nitrogens with zero attached hydrogens (tertiary/aromatic N) is 3. The average molecular weight is 447 g/mol. The molecule has 1 aliphatic heterocycles. The van der Waals surface area contributed by atoms with E-state index in [9.17, 15) is 13.2 Å². The molecule has 8 nitrogen and oxygen atoms in total. The summed E-state index contributed by atoms with van der Waals surface area (Å²) in [6.45, 7) is 0.734. The molecule has 4 rings (SSSR count). The molecule has 30 heavy (non-hydrogen) atoms. The molecule has 1 aliphatic rings. The predicted octanol–water partition coefficient (Wildman–Crippen LogP) is 3.00. The van der Waals surface area contributed by atoms with Gasteiger partial charge >= 0.3 is 0 Å². The molecule has 1 aromatic carbocycles. The summed E-state index contributed by atoms with van der Waals surface area (Å²) < 4.78 is 30.1. The fourth-order valence-corrected chi connectivity index (χ4v) is 5.00. The zero-order valence-corrected chi connectivity index (χ0v) is 18.1. The summed E-state index contributed by atoms with van der Waals surface area (Å²) >= 11 is 1.54. The largest absolute Gasteiger partial charge is 0.339 e. The first-order valence-electron chi connectivity index (χ1n) is 9.60. The van der Waals surface area contributed by atoms with Gasteiger partial charge in [0, 0.05) is 24.7 Å². The number of anilines is 1. The van der Waals surface area contributed by atoms with E-state index in [2.05, 4.69) is 15.5 Å². The lowest BCUT2D eigenvalue weighted by atomic mass is 9.97. The summed E-state index contributed by atoms with van der Waals surface area (Å²) in [5.74, 6) is 0.714. The Bertz CT molecular complexity index is 1120. The number of thiophene rings is 1. The third kappa shape index (κ3) is 4.77. The van der Waals surface area contributed by atoms with E-state index >= 15 is 0 Å². The molecular weight excluding hydrogens is 424 g/mol. The van der Waals surface area contributed by atoms with Crippen LogP contribution in [0.2, 0.25) is 0 Å². The van der Waals surface area contributed by atoms with Crippen LogP contribution in [-0.2, 0) is 21.2 Å². The number of amides is 1. The van der Waals surface area contributed by atoms with Crippen molar-refractivity contribution in [1.29, 1.82) is 0 Å². The Hall–Kier alpha value is -2.56. The number of rotatable bonds is 6. The van der Waals surface area contributed by atoms with E-state index in [1.807, 2.05) is 41.8 Å². The lowest BCUT2D eigenvalue weighted by molar-refractivity contribution is -0.120. The van der Waals surface area contributed by atoms with Crippen molar-refractivity contribution < 1.29 is 17.7 Å². The van der Waals surface area contributed by atoms with Gasteiger partial charge in [-0.15, -0.1) is 11.3 Å². The number of hydrogen-bond acceptors (Lipinski definition) is 7. The first-order chi connectivity index (χ1) is 14.4. The maximum absolute atomic E-state index is 12.8. The molecular formula is C20H22N4O4S2. The number of benzene rings is 1. The van der Waals surface area contributed by atoms with Crippen molar-refractivity contribution in [3.8, 4) is 10.7 Å². The zero-order chi connectivity index (χ0) is 21.1. The van der Waals surface area contributed by atoms with Crippen LogP contribution in [0, 0.1) is 5.92 Å². The molecule has 158 valence electrons. The lowest BCUT2D eigenvalue weighted by Crippen LogP contribution is -2.40. The van der Waals surface area contributed by atoms with Gasteiger partial charge in [-0.2, -0.15) is 4.98 Å². The maximum atomic E-state index is 12.8. The van der Waals surface area contributed by atoms with Crippen LogP contribution in [0.15, 0.2) is 46.3 Å². The summed E-state index contributed by atoms with van der Waals surface area (Å²) in [6.07, 6.45) is 2.62. The summed E-state index contributed by atoms with van der Waals surface area (Å²) in [5.41, 5.74) is 1.57. The number of nitrogens with one attached hydrogen (secondary N) is 1. The molecule has 1 fully saturated rings. The third-order valence-electron chi connectivity index (χ3n) is 5.12. The second kappa shape index (κ2) is 8.66. The number of para-hydroxylation sites is 1. The lowest BCUT2D eigenvalue weighted by Gasteiger charge is -2.29. The molecule has 1 saturated heterocycles. The van der Waals surface area contributed by atoms with E-state index in [0.29, 0.717) is 49.8 Å². The molecule has 0 aliphatic carbocycles. The quantitative estimate of drug-likeness (QED) is 0.624. The highest BCUT2D eigenvalue weighted by atomic mass is 32.2. The van der Waals surface area contributed by atoms with Crippen LogP contribution in [0.3, 0.4) is 0 Å². The maximum Gasteiger partial charge on any atom is 0.231 e. The molecule has 3 heterocycles. The van der Waals surface area contributed by atoms with Gasteiger partial charge in [0.2, 0.25) is 27.6 Å². The minimum Gasteiger partial charge on any atom is -0.339 e. The molecule has 3 aromatic rings. The normalized spacial score (nSPS) is 15.9. The SMILES string of the molecule is CS(=O)(=O)N1CCC(C(=O)Nc2ccccc2Cc2nc(-c3cccs3)no2)CC1. The fourth-order valence-electron chi connectivity index (χ4n) is 3.48. The number of carbonyl (C=O) groups excluding carboxylic acids is 1. The fraction of sp³-hybridized carbons (Fsp3) is 0.350. The molecule has 10 heteroatoms. The Morgan fingerprint density at radius 1 is 1.23 bits per heavy atom. The molecule has 0 atom stereocenters. The minimum atomic E-state index is -3.21. The molecule has 2 aromatic heterocycles. The van der Waals surface area contributed by atoms with Crippen molar-refractivity contribution in [2.75, 3.05) is 24.7 Å². The second-order valence-electron chi connectivity index (χ2n) is 7.25. The Labute approximate surface area is 179 Å². The second-order valence-corrected chi connectivity index (χ2v) is 10.2. The van der Waals surface area contributed by atoms with Gasteiger partial charge in [-0.1, -0.05) is 29.4 Å². The van der Waals surface area contributed by atoms with Crippen LogP contribution < -0.4 is 5.32 Å². The average Bonchev–Trinajstić information content (AvgIpc) is 3.41. The van der Waals surface area contributed by atoms with Gasteiger partial charge < -0.3 is 9.84 Å². The highest BCUT2D eigenvalue weighted by molar-refractivity contribution is 7.88. The standard InChI is InChI=1S/C20H22N4O4S2/c1-30(26,27)24-10-8-14(9-11-24)20(25)21-16-6-3-2-5-15(16)13-18-22-19(23-28-18)17-7-4-12-29-17/h2-7,12,14H,8-11,13H2,1H3,(H,21,25). The van der Waals surface area contributed by atoms with Crippen LogP contribution in [0.5, 0.6) is 0 Å². The zero-order valence-electron chi connectivity index (χ0n) is 16.4. The summed E-state index contributed by atoms with van der Waals surface area (Å²) in [7, 11) is -3.21. The summed E-state index contributed by atoms with van der Waals surface area (Å²) in [6, 6.07) is 11.4. The van der Waals surface area contributed by atoms with E-state index < -0.39 is 10.0 Å². The van der Waals surface area contributed by atoms with Crippen molar-refractivity contribution in [3.63, 3.8) is 0 Å². The summed E-state index contributed by atoms with van der Waals surface area (Å²) in [4.78, 5) is 18.1. The van der Waals surface area contributed by atoms with Gasteiger partial charge in [-0.3, -0.25) is 4.79 Å². The van der Waals surface area contributed by atoms with E-state index in [4.69, 9.17) is 4.52 Å². The van der Waals surface area contributed by atoms with Crippen LogP contribution in [-0.4, -0.2) is 48.1 Å². The third-order valence-corrected chi connectivity index (χ3v) is 7.29. The Morgan fingerprint density at radius 2 is 2.00 bits per heavy atom. The molecule has 1 N–H and O–H groups in total. The number of hydrogen-bond donors (Lipinski definition) is 1. The molecule has 0 radical (unpaired) electrons. The van der Waals surface area contributed by atoms with Crippen molar-refractivity contribution in [2.24, 2.45) is 5.92 Å². The number of aromatic nitrogens is 2. The first kappa shape index (κ1) is 20.7. The molecule has 1 amide bonds. The number of piperidine rings is 1. The van der Waals surface area contributed by atoms with Crippen molar-refractivity contribution in [1.82, 2.24) is 14.4 Å². The van der Waals surface area contributed by atoms with Crippen LogP contribution in [0.4, 0.5) is 5.69 Å². The monoisotopic (exact) mass is 446 g/mol. The van der Waals surface area contributed by atoms with Crippen LogP contribution >= 0.6 is 11.3 Å². The van der Waals surface area contributed by atoms with Crippen molar-refractivity contribution in [2.45, 2.75) is 19.3 Å². The van der Waals surface area contributed by atoms with Gasteiger partial charge in [0.1, 0.15) is 0 Å². The van der Waals surface area contributed by atoms with Crippen LogP contribution in [0.25, 0.3) is 10.7 Å². The Kier molecular flexibility index (Phi) is 5.98.